The highest BCUT2D eigenvalue weighted by molar-refractivity contribution is 5.93. The Balaban J connectivity index is 1.91. The van der Waals surface area contributed by atoms with Gasteiger partial charge in [-0.25, -0.2) is 0 Å². The van der Waals surface area contributed by atoms with E-state index in [1.54, 1.807) is 0 Å². The number of anilines is 1. The van der Waals surface area contributed by atoms with Crippen molar-refractivity contribution in [2.45, 2.75) is 20.4 Å². The highest BCUT2D eigenvalue weighted by Crippen LogP contribution is 2.25. The standard InChI is InChI=1S/C16H16N2O/c1-11-5-8-15(14-4-3-9-17-16(11)14)18-10-13-7-6-12(2)19-13/h3-9,18H,10H2,1-2H3. The molecule has 0 fully saturated rings. The summed E-state index contributed by atoms with van der Waals surface area (Å²) in [5.74, 6) is 1.88. The Bertz CT molecular complexity index is 716. The van der Waals surface area contributed by atoms with Crippen molar-refractivity contribution in [3.8, 4) is 0 Å². The van der Waals surface area contributed by atoms with E-state index >= 15 is 0 Å². The molecule has 3 nitrogen and oxygen atoms in total. The lowest BCUT2D eigenvalue weighted by atomic mass is 10.1. The fourth-order valence-corrected chi connectivity index (χ4v) is 2.23. The molecule has 0 radical (unpaired) electrons. The van der Waals surface area contributed by atoms with Gasteiger partial charge in [0.25, 0.3) is 0 Å². The molecule has 0 bridgehead atoms. The average molecular weight is 252 g/mol. The second kappa shape index (κ2) is 4.76. The number of aryl methyl sites for hydroxylation is 2. The molecule has 0 saturated heterocycles. The van der Waals surface area contributed by atoms with E-state index in [-0.39, 0.29) is 0 Å². The van der Waals surface area contributed by atoms with E-state index in [4.69, 9.17) is 4.42 Å². The summed E-state index contributed by atoms with van der Waals surface area (Å²) < 4.78 is 5.56. The summed E-state index contributed by atoms with van der Waals surface area (Å²) in [4.78, 5) is 4.44. The van der Waals surface area contributed by atoms with Gasteiger partial charge in [0, 0.05) is 17.3 Å². The Morgan fingerprint density at radius 3 is 2.79 bits per heavy atom. The molecule has 0 unspecified atom stereocenters. The molecule has 3 aromatic rings. The van der Waals surface area contributed by atoms with Crippen molar-refractivity contribution in [2.24, 2.45) is 0 Å². The smallest absolute Gasteiger partial charge is 0.123 e. The third-order valence-electron chi connectivity index (χ3n) is 3.22. The van der Waals surface area contributed by atoms with Crippen LogP contribution in [0.3, 0.4) is 0 Å². The van der Waals surface area contributed by atoms with Gasteiger partial charge in [-0.1, -0.05) is 6.07 Å². The first kappa shape index (κ1) is 11.8. The lowest BCUT2D eigenvalue weighted by Crippen LogP contribution is -1.99. The minimum atomic E-state index is 0.681. The second-order valence-corrected chi connectivity index (χ2v) is 4.70. The van der Waals surface area contributed by atoms with Crippen LogP contribution in [-0.2, 0) is 6.54 Å². The molecule has 2 aromatic heterocycles. The van der Waals surface area contributed by atoms with Gasteiger partial charge in [0.1, 0.15) is 11.5 Å². The Morgan fingerprint density at radius 2 is 2.00 bits per heavy atom. The van der Waals surface area contributed by atoms with Gasteiger partial charge in [0.05, 0.1) is 12.1 Å². The maximum atomic E-state index is 5.56. The first-order valence-electron chi connectivity index (χ1n) is 6.37. The molecule has 0 spiro atoms. The number of furan rings is 1. The van der Waals surface area contributed by atoms with Crippen molar-refractivity contribution < 1.29 is 4.42 Å². The van der Waals surface area contributed by atoms with E-state index in [0.717, 1.165) is 28.1 Å². The Kier molecular flexibility index (Phi) is 2.95. The quantitative estimate of drug-likeness (QED) is 0.764. The molecule has 1 N–H and O–H groups in total. The number of hydrogen-bond donors (Lipinski definition) is 1. The van der Waals surface area contributed by atoms with Crippen LogP contribution < -0.4 is 5.32 Å². The maximum Gasteiger partial charge on any atom is 0.123 e. The van der Waals surface area contributed by atoms with Crippen LogP contribution in [0.1, 0.15) is 17.1 Å². The van der Waals surface area contributed by atoms with Crippen LogP contribution in [0.4, 0.5) is 5.69 Å². The zero-order valence-corrected chi connectivity index (χ0v) is 11.1. The minimum Gasteiger partial charge on any atom is -0.465 e. The van der Waals surface area contributed by atoms with Crippen molar-refractivity contribution >= 4 is 16.6 Å². The summed E-state index contributed by atoms with van der Waals surface area (Å²) in [5.41, 5.74) is 3.32. The van der Waals surface area contributed by atoms with Crippen molar-refractivity contribution in [3.63, 3.8) is 0 Å². The topological polar surface area (TPSA) is 38.1 Å². The number of aromatic nitrogens is 1. The van der Waals surface area contributed by atoms with Crippen molar-refractivity contribution in [3.05, 3.63) is 59.7 Å². The molecule has 0 aliphatic heterocycles. The highest BCUT2D eigenvalue weighted by atomic mass is 16.3. The average Bonchev–Trinajstić information content (AvgIpc) is 2.84. The zero-order chi connectivity index (χ0) is 13.2. The molecule has 0 aliphatic carbocycles. The van der Waals surface area contributed by atoms with Crippen LogP contribution in [0.2, 0.25) is 0 Å². The Labute approximate surface area is 112 Å². The molecule has 19 heavy (non-hydrogen) atoms. The lowest BCUT2D eigenvalue weighted by molar-refractivity contribution is 0.490. The van der Waals surface area contributed by atoms with E-state index in [1.165, 1.54) is 5.56 Å². The summed E-state index contributed by atoms with van der Waals surface area (Å²) in [7, 11) is 0. The normalized spacial score (nSPS) is 10.8. The number of pyridine rings is 1. The molecule has 1 aromatic carbocycles. The fourth-order valence-electron chi connectivity index (χ4n) is 2.23. The first-order chi connectivity index (χ1) is 9.24. The van der Waals surface area contributed by atoms with Crippen LogP contribution in [0.5, 0.6) is 0 Å². The first-order valence-corrected chi connectivity index (χ1v) is 6.37. The molecular formula is C16H16N2O. The molecule has 0 saturated carbocycles. The predicted octanol–water partition coefficient (Wildman–Crippen LogP) is 4.06. The van der Waals surface area contributed by atoms with E-state index < -0.39 is 0 Å². The number of benzene rings is 1. The monoisotopic (exact) mass is 252 g/mol. The Morgan fingerprint density at radius 1 is 1.11 bits per heavy atom. The van der Waals surface area contributed by atoms with Crippen LogP contribution in [0.15, 0.2) is 47.0 Å². The van der Waals surface area contributed by atoms with E-state index in [0.29, 0.717) is 6.54 Å². The number of fused-ring (bicyclic) bond motifs is 1. The SMILES string of the molecule is Cc1ccc(CNc2ccc(C)c3ncccc23)o1. The predicted molar refractivity (Wildman–Crippen MR) is 77.3 cm³/mol. The van der Waals surface area contributed by atoms with Crippen LogP contribution >= 0.6 is 0 Å². The molecule has 96 valence electrons. The van der Waals surface area contributed by atoms with E-state index in [9.17, 15) is 0 Å². The van der Waals surface area contributed by atoms with Crippen molar-refractivity contribution in [1.29, 1.82) is 0 Å². The van der Waals surface area contributed by atoms with Gasteiger partial charge < -0.3 is 9.73 Å². The molecule has 2 heterocycles. The molecule has 3 rings (SSSR count). The number of rotatable bonds is 3. The highest BCUT2D eigenvalue weighted by Gasteiger charge is 2.05. The van der Waals surface area contributed by atoms with Crippen LogP contribution in [-0.4, -0.2) is 4.98 Å². The number of nitrogens with one attached hydrogen (secondary N) is 1. The molecule has 0 atom stereocenters. The summed E-state index contributed by atoms with van der Waals surface area (Å²) in [6.45, 7) is 4.71. The molecule has 0 amide bonds. The molecule has 0 aliphatic rings. The summed E-state index contributed by atoms with van der Waals surface area (Å²) in [6, 6.07) is 12.2. The summed E-state index contributed by atoms with van der Waals surface area (Å²) in [6.07, 6.45) is 1.83. The van der Waals surface area contributed by atoms with Gasteiger partial charge in [-0.05, 0) is 49.7 Å². The third-order valence-corrected chi connectivity index (χ3v) is 3.22. The molecule has 3 heteroatoms. The van der Waals surface area contributed by atoms with Crippen molar-refractivity contribution in [2.75, 3.05) is 5.32 Å². The summed E-state index contributed by atoms with van der Waals surface area (Å²) in [5, 5.41) is 4.55. The summed E-state index contributed by atoms with van der Waals surface area (Å²) >= 11 is 0. The molecular weight excluding hydrogens is 236 g/mol. The van der Waals surface area contributed by atoms with E-state index in [2.05, 4.69) is 35.4 Å². The lowest BCUT2D eigenvalue weighted by Gasteiger charge is -2.09. The van der Waals surface area contributed by atoms with Gasteiger partial charge in [0.15, 0.2) is 0 Å². The van der Waals surface area contributed by atoms with E-state index in [1.807, 2.05) is 31.3 Å². The van der Waals surface area contributed by atoms with Gasteiger partial charge in [-0.15, -0.1) is 0 Å². The number of nitrogens with zero attached hydrogens (tertiary/aromatic N) is 1. The second-order valence-electron chi connectivity index (χ2n) is 4.70. The fraction of sp³-hybridized carbons (Fsp3) is 0.188. The van der Waals surface area contributed by atoms with Crippen LogP contribution in [0, 0.1) is 13.8 Å². The zero-order valence-electron chi connectivity index (χ0n) is 11.1. The van der Waals surface area contributed by atoms with Gasteiger partial charge in [-0.3, -0.25) is 4.98 Å². The largest absolute Gasteiger partial charge is 0.465 e. The maximum absolute atomic E-state index is 5.56. The van der Waals surface area contributed by atoms with Gasteiger partial charge in [-0.2, -0.15) is 0 Å². The third kappa shape index (κ3) is 2.32. The van der Waals surface area contributed by atoms with Crippen molar-refractivity contribution in [1.82, 2.24) is 4.98 Å². The van der Waals surface area contributed by atoms with Crippen LogP contribution in [0.25, 0.3) is 10.9 Å². The number of hydrogen-bond acceptors (Lipinski definition) is 3. The van der Waals surface area contributed by atoms with Gasteiger partial charge >= 0.3 is 0 Å². The Hall–Kier alpha value is -2.29. The minimum absolute atomic E-state index is 0.681. The van der Waals surface area contributed by atoms with Gasteiger partial charge in [0.2, 0.25) is 0 Å².